The lowest BCUT2D eigenvalue weighted by atomic mass is 10.1. The average Bonchev–Trinajstić information content (AvgIpc) is 2.99. The zero-order chi connectivity index (χ0) is 16.4. The van der Waals surface area contributed by atoms with Crippen molar-refractivity contribution in [3.05, 3.63) is 65.9 Å². The summed E-state index contributed by atoms with van der Waals surface area (Å²) in [4.78, 5) is 0. The van der Waals surface area contributed by atoms with Crippen molar-refractivity contribution in [2.45, 2.75) is 12.8 Å². The molecule has 7 heteroatoms. The molecule has 3 aromatic rings. The summed E-state index contributed by atoms with van der Waals surface area (Å²) in [5, 5.41) is 17.2. The predicted octanol–water partition coefficient (Wildman–Crippen LogP) is 3.45. The van der Waals surface area contributed by atoms with Crippen LogP contribution in [0.3, 0.4) is 0 Å². The lowest BCUT2D eigenvalue weighted by Crippen LogP contribution is -2.07. The molecule has 1 aromatic heterocycles. The summed E-state index contributed by atoms with van der Waals surface area (Å²) in [6.07, 6.45) is -4.44. The highest BCUT2D eigenvalue weighted by Crippen LogP contribution is 2.31. The third kappa shape index (κ3) is 2.95. The molecule has 1 N–H and O–H groups in total. The molecule has 4 nitrogen and oxygen atoms in total. The van der Waals surface area contributed by atoms with Crippen molar-refractivity contribution in [1.82, 2.24) is 15.0 Å². The molecule has 0 aliphatic rings. The number of halogens is 3. The smallest absolute Gasteiger partial charge is 0.390 e. The minimum Gasteiger partial charge on any atom is -0.390 e. The van der Waals surface area contributed by atoms with Crippen LogP contribution in [-0.2, 0) is 12.8 Å². The number of rotatable bonds is 3. The van der Waals surface area contributed by atoms with E-state index in [0.29, 0.717) is 17.0 Å². The van der Waals surface area contributed by atoms with E-state index in [1.165, 1.54) is 16.8 Å². The van der Waals surface area contributed by atoms with Crippen LogP contribution in [0.5, 0.6) is 0 Å². The molecule has 2 aromatic carbocycles. The number of aliphatic hydroxyl groups is 1. The van der Waals surface area contributed by atoms with Crippen molar-refractivity contribution in [3.8, 4) is 16.9 Å². The molecule has 0 amide bonds. The molecule has 0 bridgehead atoms. The molecule has 0 radical (unpaired) electrons. The van der Waals surface area contributed by atoms with Gasteiger partial charge in [-0.05, 0) is 18.2 Å². The van der Waals surface area contributed by atoms with E-state index < -0.39 is 11.7 Å². The first kappa shape index (κ1) is 15.2. The van der Waals surface area contributed by atoms with Crippen molar-refractivity contribution in [1.29, 1.82) is 0 Å². The Labute approximate surface area is 129 Å². The van der Waals surface area contributed by atoms with Crippen LogP contribution in [0.1, 0.15) is 11.3 Å². The Kier molecular flexibility index (Phi) is 3.87. The number of hydrogen-bond donors (Lipinski definition) is 1. The van der Waals surface area contributed by atoms with Crippen LogP contribution < -0.4 is 0 Å². The average molecular weight is 319 g/mol. The predicted molar refractivity (Wildman–Crippen MR) is 77.7 cm³/mol. The van der Waals surface area contributed by atoms with E-state index in [4.69, 9.17) is 0 Å². The van der Waals surface area contributed by atoms with Crippen molar-refractivity contribution < 1.29 is 18.3 Å². The zero-order valence-corrected chi connectivity index (χ0v) is 11.8. The monoisotopic (exact) mass is 319 g/mol. The SMILES string of the molecule is OCc1nnn(-c2cccc(C(F)(F)F)c2)c1-c1ccccc1. The second-order valence-corrected chi connectivity index (χ2v) is 4.87. The van der Waals surface area contributed by atoms with Gasteiger partial charge in [-0.1, -0.05) is 41.6 Å². The van der Waals surface area contributed by atoms with Gasteiger partial charge < -0.3 is 5.11 Å². The van der Waals surface area contributed by atoms with Gasteiger partial charge in [0.05, 0.1) is 17.9 Å². The Hall–Kier alpha value is -2.67. The van der Waals surface area contributed by atoms with Gasteiger partial charge in [-0.2, -0.15) is 13.2 Å². The Morgan fingerprint density at radius 3 is 2.39 bits per heavy atom. The number of hydrogen-bond acceptors (Lipinski definition) is 3. The van der Waals surface area contributed by atoms with E-state index >= 15 is 0 Å². The first-order valence-electron chi connectivity index (χ1n) is 6.79. The van der Waals surface area contributed by atoms with Crippen LogP contribution in [0.2, 0.25) is 0 Å². The van der Waals surface area contributed by atoms with Crippen LogP contribution in [0.15, 0.2) is 54.6 Å². The van der Waals surface area contributed by atoms with E-state index in [1.807, 2.05) is 6.07 Å². The van der Waals surface area contributed by atoms with Crippen molar-refractivity contribution in [3.63, 3.8) is 0 Å². The summed E-state index contributed by atoms with van der Waals surface area (Å²) in [5.74, 6) is 0. The van der Waals surface area contributed by atoms with Gasteiger partial charge in [-0.25, -0.2) is 4.68 Å². The van der Waals surface area contributed by atoms with E-state index in [0.717, 1.165) is 12.1 Å². The van der Waals surface area contributed by atoms with E-state index in [2.05, 4.69) is 10.3 Å². The van der Waals surface area contributed by atoms with Gasteiger partial charge in [0, 0.05) is 5.56 Å². The fourth-order valence-corrected chi connectivity index (χ4v) is 2.30. The quantitative estimate of drug-likeness (QED) is 0.804. The fourth-order valence-electron chi connectivity index (χ4n) is 2.30. The molecule has 118 valence electrons. The Bertz CT molecular complexity index is 813. The molecule has 0 fully saturated rings. The van der Waals surface area contributed by atoms with Crippen LogP contribution >= 0.6 is 0 Å². The van der Waals surface area contributed by atoms with Crippen molar-refractivity contribution >= 4 is 0 Å². The largest absolute Gasteiger partial charge is 0.416 e. The minimum atomic E-state index is -4.44. The fraction of sp³-hybridized carbons (Fsp3) is 0.125. The first-order valence-corrected chi connectivity index (χ1v) is 6.79. The van der Waals surface area contributed by atoms with Crippen molar-refractivity contribution in [2.75, 3.05) is 0 Å². The molecule has 0 atom stereocenters. The summed E-state index contributed by atoms with van der Waals surface area (Å²) >= 11 is 0. The van der Waals surface area contributed by atoms with E-state index in [9.17, 15) is 18.3 Å². The van der Waals surface area contributed by atoms with Gasteiger partial charge in [0.2, 0.25) is 0 Å². The van der Waals surface area contributed by atoms with Gasteiger partial charge in [0.25, 0.3) is 0 Å². The number of benzene rings is 2. The van der Waals surface area contributed by atoms with Crippen LogP contribution in [0.4, 0.5) is 13.2 Å². The Balaban J connectivity index is 2.17. The van der Waals surface area contributed by atoms with Crippen molar-refractivity contribution in [2.24, 2.45) is 0 Å². The molecule has 1 heterocycles. The summed E-state index contributed by atoms with van der Waals surface area (Å²) in [6.45, 7) is -0.358. The Morgan fingerprint density at radius 2 is 1.74 bits per heavy atom. The van der Waals surface area contributed by atoms with Crippen LogP contribution in [-0.4, -0.2) is 20.1 Å². The second kappa shape index (κ2) is 5.85. The maximum absolute atomic E-state index is 12.9. The molecule has 0 saturated heterocycles. The first-order chi connectivity index (χ1) is 11.0. The molecule has 0 unspecified atom stereocenters. The van der Waals surface area contributed by atoms with E-state index in [1.54, 1.807) is 24.3 Å². The molecule has 0 saturated carbocycles. The number of aromatic nitrogens is 3. The standard InChI is InChI=1S/C16H12F3N3O/c17-16(18,19)12-7-4-8-13(9-12)22-15(14(10-23)20-21-22)11-5-2-1-3-6-11/h1-9,23H,10H2. The maximum Gasteiger partial charge on any atom is 0.416 e. The molecule has 23 heavy (non-hydrogen) atoms. The lowest BCUT2D eigenvalue weighted by molar-refractivity contribution is -0.137. The van der Waals surface area contributed by atoms with Gasteiger partial charge >= 0.3 is 6.18 Å². The number of nitrogens with zero attached hydrogens (tertiary/aromatic N) is 3. The molecular weight excluding hydrogens is 307 g/mol. The van der Waals surface area contributed by atoms with Gasteiger partial charge in [-0.15, -0.1) is 5.10 Å². The van der Waals surface area contributed by atoms with Crippen LogP contribution in [0.25, 0.3) is 16.9 Å². The molecule has 0 aliphatic carbocycles. The zero-order valence-electron chi connectivity index (χ0n) is 11.8. The molecule has 0 spiro atoms. The van der Waals surface area contributed by atoms with E-state index in [-0.39, 0.29) is 12.3 Å². The summed E-state index contributed by atoms with van der Waals surface area (Å²) in [6, 6.07) is 13.8. The van der Waals surface area contributed by atoms with Gasteiger partial charge in [0.15, 0.2) is 0 Å². The highest BCUT2D eigenvalue weighted by molar-refractivity contribution is 5.64. The molecular formula is C16H12F3N3O. The lowest BCUT2D eigenvalue weighted by Gasteiger charge is -2.11. The minimum absolute atomic E-state index is 0.228. The highest BCUT2D eigenvalue weighted by Gasteiger charge is 2.31. The molecule has 3 rings (SSSR count). The Morgan fingerprint density at radius 1 is 1.00 bits per heavy atom. The third-order valence-electron chi connectivity index (χ3n) is 3.36. The molecule has 0 aliphatic heterocycles. The highest BCUT2D eigenvalue weighted by atomic mass is 19.4. The second-order valence-electron chi connectivity index (χ2n) is 4.87. The number of alkyl halides is 3. The third-order valence-corrected chi connectivity index (χ3v) is 3.36. The number of aliphatic hydroxyl groups excluding tert-OH is 1. The van der Waals surface area contributed by atoms with Gasteiger partial charge in [0.1, 0.15) is 11.4 Å². The topological polar surface area (TPSA) is 50.9 Å². The summed E-state index contributed by atoms with van der Waals surface area (Å²) in [5.41, 5.74) is 0.931. The van der Waals surface area contributed by atoms with Crippen LogP contribution in [0, 0.1) is 0 Å². The summed E-state index contributed by atoms with van der Waals surface area (Å²) < 4.78 is 40.0. The normalized spacial score (nSPS) is 11.7. The van der Waals surface area contributed by atoms with Gasteiger partial charge in [-0.3, -0.25) is 0 Å². The maximum atomic E-state index is 12.9. The summed E-state index contributed by atoms with van der Waals surface area (Å²) in [7, 11) is 0.